The van der Waals surface area contributed by atoms with E-state index in [-0.39, 0.29) is 0 Å². The van der Waals surface area contributed by atoms with Crippen LogP contribution in [0.2, 0.25) is 0 Å². The van der Waals surface area contributed by atoms with Crippen molar-refractivity contribution in [1.29, 1.82) is 0 Å². The normalized spacial score (nSPS) is 19.5. The van der Waals surface area contributed by atoms with Gasteiger partial charge in [0.2, 0.25) is 0 Å². The highest BCUT2D eigenvalue weighted by molar-refractivity contribution is 7.51. The van der Waals surface area contributed by atoms with E-state index in [0.717, 1.165) is 24.3 Å². The second kappa shape index (κ2) is 6.53. The molecule has 0 radical (unpaired) electrons. The Morgan fingerprint density at radius 2 is 1.85 bits per heavy atom. The molecule has 0 bridgehead atoms. The van der Waals surface area contributed by atoms with Gasteiger partial charge in [0, 0.05) is 5.92 Å². The Morgan fingerprint density at radius 3 is 2.54 bits per heavy atom. The van der Waals surface area contributed by atoms with Crippen LogP contribution in [0.1, 0.15) is 64.5 Å². The minimum atomic E-state index is -4.16. The standard InChI is InChI=1S/C21H25O4P/c1-13-3-4-16(11-20(13)15-5-6-15)19-8-7-17-10-18(9-14(2)21(17)19)25-12-26(22,23)24/h3-4,9-11,15,19H,5-8,12H2,1-2H3,(H2,22,23,24). The van der Waals surface area contributed by atoms with E-state index in [1.165, 1.54) is 40.7 Å². The van der Waals surface area contributed by atoms with Crippen LogP contribution >= 0.6 is 7.60 Å². The molecule has 2 aromatic rings. The lowest BCUT2D eigenvalue weighted by Crippen LogP contribution is -2.02. The van der Waals surface area contributed by atoms with Gasteiger partial charge in [-0.1, -0.05) is 18.2 Å². The molecule has 0 heterocycles. The molecule has 0 aliphatic heterocycles. The van der Waals surface area contributed by atoms with Gasteiger partial charge in [-0.15, -0.1) is 0 Å². The van der Waals surface area contributed by atoms with Gasteiger partial charge in [0.15, 0.2) is 6.35 Å². The summed E-state index contributed by atoms with van der Waals surface area (Å²) in [7, 11) is -4.16. The van der Waals surface area contributed by atoms with E-state index in [4.69, 9.17) is 14.5 Å². The van der Waals surface area contributed by atoms with Crippen molar-refractivity contribution >= 4 is 7.60 Å². The maximum Gasteiger partial charge on any atom is 0.362 e. The lowest BCUT2D eigenvalue weighted by atomic mass is 9.87. The van der Waals surface area contributed by atoms with Crippen LogP contribution in [-0.4, -0.2) is 16.1 Å². The second-order valence-electron chi connectivity index (χ2n) is 7.73. The van der Waals surface area contributed by atoms with Gasteiger partial charge < -0.3 is 14.5 Å². The quantitative estimate of drug-likeness (QED) is 0.742. The number of rotatable bonds is 5. The van der Waals surface area contributed by atoms with E-state index in [9.17, 15) is 4.57 Å². The fourth-order valence-electron chi connectivity index (χ4n) is 4.27. The third-order valence-corrected chi connectivity index (χ3v) is 6.08. The van der Waals surface area contributed by atoms with E-state index in [1.807, 2.05) is 12.1 Å². The molecule has 0 saturated heterocycles. The number of benzene rings is 2. The lowest BCUT2D eigenvalue weighted by molar-refractivity contribution is 0.300. The van der Waals surface area contributed by atoms with Gasteiger partial charge in [0.1, 0.15) is 5.75 Å². The van der Waals surface area contributed by atoms with Gasteiger partial charge in [-0.05, 0) is 91.0 Å². The SMILES string of the molecule is Cc1ccc(C2CCc3cc(OCP(=O)(O)O)cc(C)c32)cc1C1CC1. The molecule has 138 valence electrons. The fourth-order valence-corrected chi connectivity index (χ4v) is 4.59. The molecule has 1 unspecified atom stereocenters. The summed E-state index contributed by atoms with van der Waals surface area (Å²) < 4.78 is 16.4. The second-order valence-corrected chi connectivity index (χ2v) is 9.32. The Labute approximate surface area is 154 Å². The molecule has 1 atom stereocenters. The molecule has 4 nitrogen and oxygen atoms in total. The molecule has 1 fully saturated rings. The highest BCUT2D eigenvalue weighted by Crippen LogP contribution is 2.46. The van der Waals surface area contributed by atoms with E-state index < -0.39 is 13.9 Å². The number of ether oxygens (including phenoxy) is 1. The molecule has 4 rings (SSSR count). The van der Waals surface area contributed by atoms with Crippen molar-refractivity contribution in [2.45, 2.75) is 51.4 Å². The molecule has 2 aromatic carbocycles. The van der Waals surface area contributed by atoms with Crippen LogP contribution in [0, 0.1) is 13.8 Å². The molecule has 2 aliphatic rings. The molecule has 0 spiro atoms. The number of hydrogen-bond acceptors (Lipinski definition) is 2. The molecular formula is C21H25O4P. The first-order valence-corrected chi connectivity index (χ1v) is 11.0. The summed E-state index contributed by atoms with van der Waals surface area (Å²) in [5.41, 5.74) is 8.04. The summed E-state index contributed by atoms with van der Waals surface area (Å²) in [6, 6.07) is 10.8. The molecular weight excluding hydrogens is 347 g/mol. The topological polar surface area (TPSA) is 66.8 Å². The van der Waals surface area contributed by atoms with Crippen LogP contribution in [0.5, 0.6) is 5.75 Å². The van der Waals surface area contributed by atoms with Crippen molar-refractivity contribution in [2.24, 2.45) is 0 Å². The average Bonchev–Trinajstić information content (AvgIpc) is 3.32. The van der Waals surface area contributed by atoms with Gasteiger partial charge in [0.25, 0.3) is 0 Å². The molecule has 2 aliphatic carbocycles. The highest BCUT2D eigenvalue weighted by Gasteiger charge is 2.30. The Bertz CT molecular complexity index is 895. The van der Waals surface area contributed by atoms with Crippen LogP contribution in [-0.2, 0) is 11.0 Å². The van der Waals surface area contributed by atoms with Crippen molar-refractivity contribution in [1.82, 2.24) is 0 Å². The Morgan fingerprint density at radius 1 is 1.08 bits per heavy atom. The molecule has 26 heavy (non-hydrogen) atoms. The first kappa shape index (κ1) is 17.8. The van der Waals surface area contributed by atoms with Gasteiger partial charge in [-0.25, -0.2) is 0 Å². The Balaban J connectivity index is 1.63. The maximum atomic E-state index is 11.0. The molecule has 0 amide bonds. The van der Waals surface area contributed by atoms with Crippen LogP contribution in [0.4, 0.5) is 0 Å². The van der Waals surface area contributed by atoms with E-state index in [2.05, 4.69) is 32.0 Å². The Hall–Kier alpha value is -1.61. The fraction of sp³-hybridized carbons (Fsp3) is 0.429. The smallest absolute Gasteiger partial charge is 0.362 e. The van der Waals surface area contributed by atoms with E-state index in [1.54, 1.807) is 0 Å². The molecule has 0 aromatic heterocycles. The van der Waals surface area contributed by atoms with Crippen LogP contribution in [0.25, 0.3) is 0 Å². The summed E-state index contributed by atoms with van der Waals surface area (Å²) in [6.07, 6.45) is 4.10. The third-order valence-electron chi connectivity index (χ3n) is 5.62. The Kier molecular flexibility index (Phi) is 4.46. The predicted octanol–water partition coefficient (Wildman–Crippen LogP) is 4.77. The molecule has 2 N–H and O–H groups in total. The van der Waals surface area contributed by atoms with Gasteiger partial charge >= 0.3 is 7.60 Å². The molecule has 1 saturated carbocycles. The minimum absolute atomic E-state index is 0.402. The third kappa shape index (κ3) is 3.59. The summed E-state index contributed by atoms with van der Waals surface area (Å²) in [5, 5.41) is 0. The van der Waals surface area contributed by atoms with Gasteiger partial charge in [-0.2, -0.15) is 0 Å². The van der Waals surface area contributed by atoms with Crippen molar-refractivity contribution in [3.05, 3.63) is 63.7 Å². The number of fused-ring (bicyclic) bond motifs is 1. The predicted molar refractivity (Wildman–Crippen MR) is 102 cm³/mol. The lowest BCUT2D eigenvalue weighted by Gasteiger charge is -2.18. The minimum Gasteiger partial charge on any atom is -0.481 e. The van der Waals surface area contributed by atoms with E-state index >= 15 is 0 Å². The van der Waals surface area contributed by atoms with Gasteiger partial charge in [0.05, 0.1) is 0 Å². The number of aryl methyl sites for hydroxylation is 3. The summed E-state index contributed by atoms with van der Waals surface area (Å²) in [4.78, 5) is 18.0. The first-order valence-electron chi connectivity index (χ1n) is 9.23. The molecule has 5 heteroatoms. The van der Waals surface area contributed by atoms with Crippen LogP contribution in [0.15, 0.2) is 30.3 Å². The maximum absolute atomic E-state index is 11.0. The van der Waals surface area contributed by atoms with Crippen molar-refractivity contribution < 1.29 is 19.1 Å². The van der Waals surface area contributed by atoms with Crippen molar-refractivity contribution in [2.75, 3.05) is 6.35 Å². The summed E-state index contributed by atoms with van der Waals surface area (Å²) in [6.45, 7) is 4.27. The van der Waals surface area contributed by atoms with Gasteiger partial charge in [-0.3, -0.25) is 4.57 Å². The zero-order valence-corrected chi connectivity index (χ0v) is 16.1. The zero-order chi connectivity index (χ0) is 18.5. The van der Waals surface area contributed by atoms with Crippen molar-refractivity contribution in [3.8, 4) is 5.75 Å². The first-order chi connectivity index (χ1) is 12.3. The number of hydrogen-bond donors (Lipinski definition) is 2. The van der Waals surface area contributed by atoms with Crippen molar-refractivity contribution in [3.63, 3.8) is 0 Å². The van der Waals surface area contributed by atoms with Crippen LogP contribution in [0.3, 0.4) is 0 Å². The highest BCUT2D eigenvalue weighted by atomic mass is 31.2. The largest absolute Gasteiger partial charge is 0.481 e. The summed E-state index contributed by atoms with van der Waals surface area (Å²) >= 11 is 0. The average molecular weight is 372 g/mol. The zero-order valence-electron chi connectivity index (χ0n) is 15.2. The monoisotopic (exact) mass is 372 g/mol. The summed E-state index contributed by atoms with van der Waals surface area (Å²) in [5.74, 6) is 1.70. The van der Waals surface area contributed by atoms with Crippen LogP contribution < -0.4 is 4.74 Å². The van der Waals surface area contributed by atoms with E-state index in [0.29, 0.717) is 11.7 Å².